The van der Waals surface area contributed by atoms with Crippen LogP contribution in [0.5, 0.6) is 0 Å². The van der Waals surface area contributed by atoms with Crippen LogP contribution in [0.25, 0.3) is 11.1 Å². The average molecular weight is 283 g/mol. The molecule has 1 saturated heterocycles. The third-order valence-corrected chi connectivity index (χ3v) is 3.96. The van der Waals surface area contributed by atoms with Gasteiger partial charge in [0.2, 0.25) is 0 Å². The molecule has 0 aromatic heterocycles. The van der Waals surface area contributed by atoms with E-state index in [0.717, 1.165) is 13.2 Å². The summed E-state index contributed by atoms with van der Waals surface area (Å²) in [5.41, 5.74) is 3.77. The van der Waals surface area contributed by atoms with Gasteiger partial charge in [0, 0.05) is 13.7 Å². The van der Waals surface area contributed by atoms with E-state index >= 15 is 0 Å². The van der Waals surface area contributed by atoms with E-state index < -0.39 is 0 Å². The molecule has 1 heterocycles. The van der Waals surface area contributed by atoms with Crippen molar-refractivity contribution in [2.24, 2.45) is 0 Å². The topological polar surface area (TPSA) is 30.5 Å². The van der Waals surface area contributed by atoms with Crippen LogP contribution in [0.1, 0.15) is 5.56 Å². The zero-order valence-corrected chi connectivity index (χ0v) is 12.3. The van der Waals surface area contributed by atoms with E-state index in [1.54, 1.807) is 7.11 Å². The van der Waals surface area contributed by atoms with Gasteiger partial charge in [-0.05, 0) is 16.7 Å². The summed E-state index contributed by atoms with van der Waals surface area (Å²) < 4.78 is 10.8. The number of benzene rings is 2. The predicted molar refractivity (Wildman–Crippen MR) is 84.1 cm³/mol. The molecule has 2 atom stereocenters. The van der Waals surface area contributed by atoms with E-state index in [1.165, 1.54) is 16.7 Å². The molecule has 1 fully saturated rings. The van der Waals surface area contributed by atoms with Gasteiger partial charge in [-0.15, -0.1) is 0 Å². The van der Waals surface area contributed by atoms with Crippen LogP contribution in [-0.4, -0.2) is 32.5 Å². The first-order valence-electron chi connectivity index (χ1n) is 7.35. The van der Waals surface area contributed by atoms with Crippen molar-refractivity contribution in [1.29, 1.82) is 0 Å². The average Bonchev–Trinajstić information content (AvgIpc) is 3.02. The highest BCUT2D eigenvalue weighted by atomic mass is 16.5. The summed E-state index contributed by atoms with van der Waals surface area (Å²) in [5, 5.41) is 3.51. The Labute approximate surface area is 125 Å². The predicted octanol–water partition coefficient (Wildman–Crippen LogP) is 2.86. The van der Waals surface area contributed by atoms with Gasteiger partial charge in [-0.3, -0.25) is 0 Å². The molecule has 2 aromatic carbocycles. The minimum atomic E-state index is 0.161. The fourth-order valence-corrected chi connectivity index (χ4v) is 2.65. The Hall–Kier alpha value is -1.68. The smallest absolute Gasteiger partial charge is 0.0979 e. The Bertz CT molecular complexity index is 553. The molecule has 0 bridgehead atoms. The van der Waals surface area contributed by atoms with Gasteiger partial charge in [0.15, 0.2) is 0 Å². The Morgan fingerprint density at radius 1 is 1.00 bits per heavy atom. The van der Waals surface area contributed by atoms with Crippen LogP contribution in [0.4, 0.5) is 0 Å². The van der Waals surface area contributed by atoms with Gasteiger partial charge in [-0.25, -0.2) is 0 Å². The molecule has 3 rings (SSSR count). The van der Waals surface area contributed by atoms with E-state index in [1.807, 2.05) is 6.07 Å². The van der Waals surface area contributed by atoms with Crippen molar-refractivity contribution in [3.8, 4) is 11.1 Å². The molecule has 0 radical (unpaired) electrons. The van der Waals surface area contributed by atoms with Crippen molar-refractivity contribution in [2.45, 2.75) is 18.7 Å². The number of methoxy groups -OCH3 is 1. The third kappa shape index (κ3) is 3.50. The van der Waals surface area contributed by atoms with Gasteiger partial charge in [0.25, 0.3) is 0 Å². The van der Waals surface area contributed by atoms with Gasteiger partial charge in [-0.1, -0.05) is 54.6 Å². The van der Waals surface area contributed by atoms with Crippen molar-refractivity contribution in [2.75, 3.05) is 20.3 Å². The van der Waals surface area contributed by atoms with E-state index in [0.29, 0.717) is 6.61 Å². The number of hydrogen-bond donors (Lipinski definition) is 1. The molecule has 1 aliphatic rings. The first-order valence-corrected chi connectivity index (χ1v) is 7.35. The summed E-state index contributed by atoms with van der Waals surface area (Å²) >= 11 is 0. The summed E-state index contributed by atoms with van der Waals surface area (Å²) in [5.74, 6) is 0. The monoisotopic (exact) mass is 283 g/mol. The quantitative estimate of drug-likeness (QED) is 0.915. The minimum Gasteiger partial charge on any atom is -0.377 e. The SMILES string of the molecule is CO[C@H]1COC[C@@H]1NCc1ccc(-c2ccccc2)cc1. The van der Waals surface area contributed by atoms with Gasteiger partial charge < -0.3 is 14.8 Å². The van der Waals surface area contributed by atoms with Crippen molar-refractivity contribution in [1.82, 2.24) is 5.32 Å². The number of rotatable bonds is 5. The van der Waals surface area contributed by atoms with E-state index in [4.69, 9.17) is 9.47 Å². The maximum Gasteiger partial charge on any atom is 0.0979 e. The minimum absolute atomic E-state index is 0.161. The first kappa shape index (κ1) is 14.3. The van der Waals surface area contributed by atoms with Crippen LogP contribution in [0.2, 0.25) is 0 Å². The summed E-state index contributed by atoms with van der Waals surface area (Å²) in [6.45, 7) is 2.24. The van der Waals surface area contributed by atoms with E-state index in [-0.39, 0.29) is 12.1 Å². The van der Waals surface area contributed by atoms with Gasteiger partial charge >= 0.3 is 0 Å². The van der Waals surface area contributed by atoms with Crippen LogP contribution in [-0.2, 0) is 16.0 Å². The Balaban J connectivity index is 1.60. The van der Waals surface area contributed by atoms with Crippen LogP contribution in [0, 0.1) is 0 Å². The van der Waals surface area contributed by atoms with Gasteiger partial charge in [0.05, 0.1) is 25.4 Å². The molecule has 21 heavy (non-hydrogen) atoms. The Morgan fingerprint density at radius 3 is 2.43 bits per heavy atom. The molecule has 110 valence electrons. The zero-order chi connectivity index (χ0) is 14.5. The first-order chi connectivity index (χ1) is 10.4. The van der Waals surface area contributed by atoms with E-state index in [2.05, 4.69) is 53.8 Å². The number of ether oxygens (including phenoxy) is 2. The van der Waals surface area contributed by atoms with Gasteiger partial charge in [-0.2, -0.15) is 0 Å². The molecule has 3 nitrogen and oxygen atoms in total. The standard InChI is InChI=1S/C18H21NO2/c1-20-18-13-21-12-17(18)19-11-14-7-9-16(10-8-14)15-5-3-2-4-6-15/h2-10,17-19H,11-13H2,1H3/t17-,18-/m0/s1. The normalized spacial score (nSPS) is 21.6. The number of nitrogens with one attached hydrogen (secondary N) is 1. The highest BCUT2D eigenvalue weighted by Gasteiger charge is 2.27. The van der Waals surface area contributed by atoms with E-state index in [9.17, 15) is 0 Å². The highest BCUT2D eigenvalue weighted by Crippen LogP contribution is 2.19. The molecule has 2 aromatic rings. The molecule has 1 aliphatic heterocycles. The van der Waals surface area contributed by atoms with Crippen molar-refractivity contribution in [3.63, 3.8) is 0 Å². The van der Waals surface area contributed by atoms with Crippen LogP contribution in [0.15, 0.2) is 54.6 Å². The maximum atomic E-state index is 5.44. The zero-order valence-electron chi connectivity index (χ0n) is 12.3. The molecule has 0 aliphatic carbocycles. The van der Waals surface area contributed by atoms with Crippen molar-refractivity contribution < 1.29 is 9.47 Å². The largest absolute Gasteiger partial charge is 0.377 e. The van der Waals surface area contributed by atoms with Gasteiger partial charge in [0.1, 0.15) is 0 Å². The molecule has 0 saturated carbocycles. The maximum absolute atomic E-state index is 5.44. The lowest BCUT2D eigenvalue weighted by molar-refractivity contribution is 0.0732. The second kappa shape index (κ2) is 6.85. The molecule has 0 unspecified atom stereocenters. The highest BCUT2D eigenvalue weighted by molar-refractivity contribution is 5.63. The molecule has 0 spiro atoms. The Morgan fingerprint density at radius 2 is 1.71 bits per heavy atom. The lowest BCUT2D eigenvalue weighted by Crippen LogP contribution is -2.39. The van der Waals surface area contributed by atoms with Crippen LogP contribution in [0.3, 0.4) is 0 Å². The lowest BCUT2D eigenvalue weighted by Gasteiger charge is -2.17. The molecular formula is C18H21NO2. The van der Waals surface area contributed by atoms with Crippen LogP contribution < -0.4 is 5.32 Å². The number of hydrogen-bond acceptors (Lipinski definition) is 3. The second-order valence-corrected chi connectivity index (χ2v) is 5.36. The van der Waals surface area contributed by atoms with Crippen molar-refractivity contribution in [3.05, 3.63) is 60.2 Å². The molecular weight excluding hydrogens is 262 g/mol. The summed E-state index contributed by atoms with van der Waals surface area (Å²) in [6.07, 6.45) is 0.161. The second-order valence-electron chi connectivity index (χ2n) is 5.36. The fraction of sp³-hybridized carbons (Fsp3) is 0.333. The summed E-state index contributed by atoms with van der Waals surface area (Å²) in [4.78, 5) is 0. The molecule has 0 amide bonds. The molecule has 1 N–H and O–H groups in total. The third-order valence-electron chi connectivity index (χ3n) is 3.96. The van der Waals surface area contributed by atoms with Crippen molar-refractivity contribution >= 4 is 0 Å². The fourth-order valence-electron chi connectivity index (χ4n) is 2.65. The lowest BCUT2D eigenvalue weighted by atomic mass is 10.0. The summed E-state index contributed by atoms with van der Waals surface area (Å²) in [6, 6.07) is 19.4. The molecule has 3 heteroatoms. The summed E-state index contributed by atoms with van der Waals surface area (Å²) in [7, 11) is 1.74. The Kier molecular flexibility index (Phi) is 4.65. The van der Waals surface area contributed by atoms with Crippen LogP contribution >= 0.6 is 0 Å².